The number of carbonyl (C=O) groups is 1. The van der Waals surface area contributed by atoms with Crippen LogP contribution in [-0.2, 0) is 41.2 Å². The van der Waals surface area contributed by atoms with Crippen LogP contribution < -0.4 is 0 Å². The number of benzene rings is 5. The van der Waals surface area contributed by atoms with E-state index in [1.54, 1.807) is 0 Å². The first kappa shape index (κ1) is 37.1. The maximum Gasteiger partial charge on any atom is 0.311 e. The number of tetrazole rings is 1. The van der Waals surface area contributed by atoms with Gasteiger partial charge in [0.15, 0.2) is 5.82 Å². The molecule has 7 aromatic rings. The van der Waals surface area contributed by atoms with Gasteiger partial charge in [0.2, 0.25) is 0 Å². The molecule has 0 aliphatic carbocycles. The molecule has 55 heavy (non-hydrogen) atoms. The molecule has 0 saturated carbocycles. The lowest BCUT2D eigenvalue weighted by atomic mass is 9.77. The van der Waals surface area contributed by atoms with Crippen molar-refractivity contribution in [1.29, 1.82) is 0 Å². The third-order valence-electron chi connectivity index (χ3n) is 9.95. The van der Waals surface area contributed by atoms with Crippen molar-refractivity contribution in [2.45, 2.75) is 65.8 Å². The zero-order valence-corrected chi connectivity index (χ0v) is 31.8. The van der Waals surface area contributed by atoms with Gasteiger partial charge in [0.25, 0.3) is 0 Å². The Hall–Kier alpha value is -6.19. The third kappa shape index (κ3) is 7.35. The number of imidazole rings is 1. The molecule has 0 aliphatic rings. The fourth-order valence-electron chi connectivity index (χ4n) is 7.22. The Kier molecular flexibility index (Phi) is 10.8. The predicted molar refractivity (Wildman–Crippen MR) is 214 cm³/mol. The molecule has 0 radical (unpaired) electrons. The van der Waals surface area contributed by atoms with E-state index in [4.69, 9.17) is 20.0 Å². The normalized spacial score (nSPS) is 11.8. The summed E-state index contributed by atoms with van der Waals surface area (Å²) in [6.07, 6.45) is 1.62. The van der Waals surface area contributed by atoms with Crippen LogP contribution in [0.4, 0.5) is 0 Å². The molecule has 0 spiro atoms. The van der Waals surface area contributed by atoms with E-state index in [2.05, 4.69) is 126 Å². The lowest BCUT2D eigenvalue weighted by Gasteiger charge is -2.36. The number of rotatable bonds is 13. The zero-order chi connectivity index (χ0) is 38.4. The van der Waals surface area contributed by atoms with Crippen LogP contribution in [0.2, 0.25) is 0 Å². The molecule has 7 rings (SSSR count). The van der Waals surface area contributed by atoms with Crippen molar-refractivity contribution in [1.82, 2.24) is 29.8 Å². The summed E-state index contributed by atoms with van der Waals surface area (Å²) in [5, 5.41) is 24.0. The molecule has 278 valence electrons. The van der Waals surface area contributed by atoms with Crippen molar-refractivity contribution in [3.63, 3.8) is 0 Å². The first-order chi connectivity index (χ1) is 26.7. The van der Waals surface area contributed by atoms with Gasteiger partial charge in [-0.25, -0.2) is 9.67 Å². The molecular weight excluding hydrogens is 685 g/mol. The maximum absolute atomic E-state index is 12.7. The van der Waals surface area contributed by atoms with E-state index in [0.717, 1.165) is 57.6 Å². The average Bonchev–Trinajstić information content (AvgIpc) is 3.83. The minimum atomic E-state index is -0.882. The van der Waals surface area contributed by atoms with E-state index in [-0.39, 0.29) is 19.2 Å². The highest BCUT2D eigenvalue weighted by atomic mass is 16.5. The van der Waals surface area contributed by atoms with Crippen molar-refractivity contribution >= 4 is 5.97 Å². The number of hydrogen-bond acceptors (Lipinski definition) is 7. The van der Waals surface area contributed by atoms with E-state index in [0.29, 0.717) is 23.8 Å². The van der Waals surface area contributed by atoms with Crippen LogP contribution >= 0.6 is 0 Å². The van der Waals surface area contributed by atoms with Crippen LogP contribution in [0.25, 0.3) is 22.5 Å². The van der Waals surface area contributed by atoms with Crippen molar-refractivity contribution in [3.8, 4) is 22.5 Å². The van der Waals surface area contributed by atoms with Crippen LogP contribution in [0.5, 0.6) is 0 Å². The van der Waals surface area contributed by atoms with Crippen LogP contribution in [-0.4, -0.2) is 40.8 Å². The monoisotopic (exact) mass is 730 g/mol. The van der Waals surface area contributed by atoms with Gasteiger partial charge in [0.05, 0.1) is 23.4 Å². The van der Waals surface area contributed by atoms with Gasteiger partial charge in [-0.2, -0.15) is 0 Å². The zero-order valence-electron chi connectivity index (χ0n) is 31.8. The Morgan fingerprint density at radius 3 is 1.80 bits per heavy atom. The summed E-state index contributed by atoms with van der Waals surface area (Å²) in [6.45, 7) is 7.90. The number of aromatic nitrogens is 6. The largest absolute Gasteiger partial charge is 0.459 e. The first-order valence-corrected chi connectivity index (χ1v) is 18.7. The summed E-state index contributed by atoms with van der Waals surface area (Å²) in [4.78, 5) is 17.4. The fraction of sp³-hybridized carbons (Fsp3) is 0.239. The SMILES string of the molecule is CCCc1nc(CO)c(COC(=O)C(C)(C)C)n1Cc1ccc(-c2ccccc2-c2nnnn2C(c2ccccc2)(c2ccccc2)c2ccccc2)cc1. The van der Waals surface area contributed by atoms with Gasteiger partial charge in [-0.1, -0.05) is 146 Å². The second-order valence-electron chi connectivity index (χ2n) is 14.7. The summed E-state index contributed by atoms with van der Waals surface area (Å²) < 4.78 is 9.76. The van der Waals surface area contributed by atoms with Crippen LogP contribution in [0.3, 0.4) is 0 Å². The Morgan fingerprint density at radius 2 is 1.27 bits per heavy atom. The van der Waals surface area contributed by atoms with Gasteiger partial charge >= 0.3 is 5.97 Å². The van der Waals surface area contributed by atoms with Crippen LogP contribution in [0.1, 0.15) is 73.6 Å². The highest BCUT2D eigenvalue weighted by molar-refractivity contribution is 5.81. The van der Waals surface area contributed by atoms with Gasteiger partial charge < -0.3 is 14.4 Å². The standard InChI is InChI=1S/C46H46N6O3/c1-5-17-42-47-40(31-53)41(32-55-44(54)45(2,3)4)51(42)30-33-26-28-34(29-27-33)38-24-15-16-25-39(38)43-48-49-50-52(43)46(35-18-9-6-10-19-35,36-20-11-7-12-21-36)37-22-13-8-14-23-37/h6-16,18-29,53H,5,17,30-32H2,1-4H3. The number of hydrogen-bond donors (Lipinski definition) is 1. The van der Waals surface area contributed by atoms with Gasteiger partial charge in [0, 0.05) is 18.5 Å². The summed E-state index contributed by atoms with van der Waals surface area (Å²) in [5.74, 6) is 1.18. The van der Waals surface area contributed by atoms with Gasteiger partial charge in [-0.05, 0) is 71.0 Å². The molecule has 1 N–H and O–H groups in total. The average molecular weight is 731 g/mol. The third-order valence-corrected chi connectivity index (χ3v) is 9.95. The van der Waals surface area contributed by atoms with Gasteiger partial charge in [-0.3, -0.25) is 4.79 Å². The molecule has 0 bridgehead atoms. The second kappa shape index (κ2) is 16.0. The topological polar surface area (TPSA) is 108 Å². The molecule has 9 heteroatoms. The molecule has 0 saturated heterocycles. The Labute approximate surface area is 322 Å². The second-order valence-corrected chi connectivity index (χ2v) is 14.7. The molecule has 0 atom stereocenters. The van der Waals surface area contributed by atoms with Crippen molar-refractivity contribution in [2.24, 2.45) is 5.41 Å². The highest BCUT2D eigenvalue weighted by Crippen LogP contribution is 2.43. The molecule has 0 fully saturated rings. The van der Waals surface area contributed by atoms with Gasteiger partial charge in [0.1, 0.15) is 18.0 Å². The minimum absolute atomic E-state index is 0.0410. The number of aliphatic hydroxyl groups is 1. The van der Waals surface area contributed by atoms with E-state index >= 15 is 0 Å². The van der Waals surface area contributed by atoms with Crippen LogP contribution in [0.15, 0.2) is 140 Å². The van der Waals surface area contributed by atoms with E-state index < -0.39 is 11.0 Å². The summed E-state index contributed by atoms with van der Waals surface area (Å²) in [7, 11) is 0. The van der Waals surface area contributed by atoms with E-state index in [1.165, 1.54) is 0 Å². The summed E-state index contributed by atoms with van der Waals surface area (Å²) in [6, 6.07) is 47.8. The van der Waals surface area contributed by atoms with E-state index in [9.17, 15) is 9.90 Å². The number of esters is 1. The molecule has 2 heterocycles. The minimum Gasteiger partial charge on any atom is -0.459 e. The van der Waals surface area contributed by atoms with E-state index in [1.807, 2.05) is 55.8 Å². The molecule has 9 nitrogen and oxygen atoms in total. The number of carbonyl (C=O) groups excluding carboxylic acids is 1. The number of aryl methyl sites for hydroxylation is 1. The smallest absolute Gasteiger partial charge is 0.311 e. The number of aliphatic hydroxyl groups excluding tert-OH is 1. The Balaban J connectivity index is 1.29. The number of nitrogens with zero attached hydrogens (tertiary/aromatic N) is 6. The fourth-order valence-corrected chi connectivity index (χ4v) is 7.22. The first-order valence-electron chi connectivity index (χ1n) is 18.7. The Bertz CT molecular complexity index is 2250. The lowest BCUT2D eigenvalue weighted by Crippen LogP contribution is -2.39. The Morgan fingerprint density at radius 1 is 0.727 bits per heavy atom. The quantitative estimate of drug-likeness (QED) is 0.0935. The highest BCUT2D eigenvalue weighted by Gasteiger charge is 2.42. The predicted octanol–water partition coefficient (Wildman–Crippen LogP) is 8.63. The molecule has 0 aliphatic heterocycles. The molecule has 2 aromatic heterocycles. The molecule has 5 aromatic carbocycles. The van der Waals surface area contributed by atoms with Crippen molar-refractivity contribution in [2.75, 3.05) is 0 Å². The van der Waals surface area contributed by atoms with Crippen LogP contribution in [0, 0.1) is 5.41 Å². The maximum atomic E-state index is 12.7. The molecule has 0 amide bonds. The molecule has 0 unspecified atom stereocenters. The summed E-state index contributed by atoms with van der Waals surface area (Å²) >= 11 is 0. The summed E-state index contributed by atoms with van der Waals surface area (Å²) in [5.41, 5.74) is 6.74. The lowest BCUT2D eigenvalue weighted by molar-refractivity contribution is -0.154. The number of ether oxygens (including phenoxy) is 1. The van der Waals surface area contributed by atoms with Crippen molar-refractivity contribution in [3.05, 3.63) is 179 Å². The van der Waals surface area contributed by atoms with Crippen molar-refractivity contribution < 1.29 is 14.6 Å². The van der Waals surface area contributed by atoms with Gasteiger partial charge in [-0.15, -0.1) is 5.10 Å². The molecular formula is C46H46N6O3.